The van der Waals surface area contributed by atoms with Crippen LogP contribution in [-0.4, -0.2) is 35.0 Å². The van der Waals surface area contributed by atoms with Gasteiger partial charge in [0, 0.05) is 42.2 Å². The first kappa shape index (κ1) is 19.2. The van der Waals surface area contributed by atoms with E-state index >= 15 is 0 Å². The van der Waals surface area contributed by atoms with Gasteiger partial charge in [0.25, 0.3) is 5.91 Å². The van der Waals surface area contributed by atoms with E-state index in [2.05, 4.69) is 36.2 Å². The van der Waals surface area contributed by atoms with Crippen molar-refractivity contribution in [3.63, 3.8) is 0 Å². The Balaban J connectivity index is 1.47. The van der Waals surface area contributed by atoms with Gasteiger partial charge in [0.05, 0.1) is 0 Å². The summed E-state index contributed by atoms with van der Waals surface area (Å²) in [6.45, 7) is 6.51. The molecule has 1 aromatic carbocycles. The van der Waals surface area contributed by atoms with Gasteiger partial charge in [-0.2, -0.15) is 0 Å². The van der Waals surface area contributed by atoms with Gasteiger partial charge in [-0.1, -0.05) is 37.7 Å². The second-order valence-corrected chi connectivity index (χ2v) is 8.96. The van der Waals surface area contributed by atoms with E-state index in [1.165, 1.54) is 12.8 Å². The number of nitrogens with one attached hydrogen (secondary N) is 1. The third-order valence-electron chi connectivity index (χ3n) is 5.20. The number of carbonyl (C=O) groups excluding carboxylic acids is 1. The van der Waals surface area contributed by atoms with Crippen LogP contribution in [0.5, 0.6) is 0 Å². The molecule has 2 fully saturated rings. The van der Waals surface area contributed by atoms with Gasteiger partial charge >= 0.3 is 0 Å². The van der Waals surface area contributed by atoms with E-state index in [0.717, 1.165) is 59.5 Å². The van der Waals surface area contributed by atoms with E-state index in [1.807, 2.05) is 18.2 Å². The highest BCUT2D eigenvalue weighted by molar-refractivity contribution is 7.98. The average Bonchev–Trinajstić information content (AvgIpc) is 3.34. The van der Waals surface area contributed by atoms with Gasteiger partial charge < -0.3 is 10.2 Å². The molecule has 1 saturated heterocycles. The van der Waals surface area contributed by atoms with Crippen LogP contribution < -0.4 is 10.2 Å². The second kappa shape index (κ2) is 8.52. The lowest BCUT2D eigenvalue weighted by Gasteiger charge is -2.18. The number of aromatic nitrogens is 2. The Morgan fingerprint density at radius 2 is 2.00 bits per heavy atom. The summed E-state index contributed by atoms with van der Waals surface area (Å²) in [5.41, 5.74) is 2.95. The van der Waals surface area contributed by atoms with Gasteiger partial charge in [-0.15, -0.1) is 0 Å². The molecule has 1 amide bonds. The maximum absolute atomic E-state index is 12.3. The Labute approximate surface area is 171 Å². The molecule has 6 heteroatoms. The SMILES string of the molecule is CC(C)c1cc(N2CCCC2)nc(SCc2cccc(C(=O)NC3CC3)c2)n1. The third kappa shape index (κ3) is 4.85. The number of anilines is 1. The fraction of sp³-hybridized carbons (Fsp3) is 0.500. The highest BCUT2D eigenvalue weighted by Crippen LogP contribution is 2.27. The first-order valence-corrected chi connectivity index (χ1v) is 11.2. The van der Waals surface area contributed by atoms with Crippen molar-refractivity contribution in [3.05, 3.63) is 47.2 Å². The van der Waals surface area contributed by atoms with Gasteiger partial charge in [-0.05, 0) is 49.3 Å². The average molecular weight is 397 g/mol. The van der Waals surface area contributed by atoms with Crippen LogP contribution in [0.25, 0.3) is 0 Å². The van der Waals surface area contributed by atoms with Crippen LogP contribution >= 0.6 is 11.8 Å². The molecule has 5 nitrogen and oxygen atoms in total. The number of thioether (sulfide) groups is 1. The highest BCUT2D eigenvalue weighted by atomic mass is 32.2. The Kier molecular flexibility index (Phi) is 5.85. The summed E-state index contributed by atoms with van der Waals surface area (Å²) < 4.78 is 0. The normalized spacial score (nSPS) is 16.6. The van der Waals surface area contributed by atoms with Crippen LogP contribution in [0, 0.1) is 0 Å². The largest absolute Gasteiger partial charge is 0.356 e. The molecule has 0 spiro atoms. The molecular formula is C22H28N4OS. The Bertz CT molecular complexity index is 844. The van der Waals surface area contributed by atoms with Crippen molar-refractivity contribution in [2.45, 2.75) is 62.4 Å². The van der Waals surface area contributed by atoms with Gasteiger partial charge in [0.1, 0.15) is 5.82 Å². The van der Waals surface area contributed by atoms with Crippen molar-refractivity contribution in [2.75, 3.05) is 18.0 Å². The molecule has 2 heterocycles. The molecule has 2 aliphatic rings. The predicted octanol–water partition coefficient (Wildman–Crippen LogP) is 4.38. The molecule has 0 radical (unpaired) electrons. The number of amides is 1. The smallest absolute Gasteiger partial charge is 0.251 e. The summed E-state index contributed by atoms with van der Waals surface area (Å²) in [6, 6.07) is 10.4. The standard InChI is InChI=1S/C22H28N4OS/c1-15(2)19-13-20(26-10-3-4-11-26)25-22(24-19)28-14-16-6-5-7-17(12-16)21(27)23-18-8-9-18/h5-7,12-13,15,18H,3-4,8-11,14H2,1-2H3,(H,23,27). The summed E-state index contributed by atoms with van der Waals surface area (Å²) >= 11 is 1.64. The van der Waals surface area contributed by atoms with Crippen LogP contribution in [-0.2, 0) is 5.75 Å². The number of rotatable bonds is 7. The van der Waals surface area contributed by atoms with Crippen LogP contribution in [0.3, 0.4) is 0 Å². The van der Waals surface area contributed by atoms with Crippen LogP contribution in [0.2, 0.25) is 0 Å². The van der Waals surface area contributed by atoms with Crippen LogP contribution in [0.1, 0.15) is 67.1 Å². The Hall–Kier alpha value is -2.08. The van der Waals surface area contributed by atoms with Gasteiger partial charge in [-0.25, -0.2) is 9.97 Å². The van der Waals surface area contributed by atoms with Gasteiger partial charge in [-0.3, -0.25) is 4.79 Å². The van der Waals surface area contributed by atoms with Gasteiger partial charge in [0.2, 0.25) is 0 Å². The second-order valence-electron chi connectivity index (χ2n) is 8.02. The molecule has 1 N–H and O–H groups in total. The Morgan fingerprint density at radius 3 is 2.71 bits per heavy atom. The zero-order chi connectivity index (χ0) is 19.5. The van der Waals surface area contributed by atoms with Crippen molar-refractivity contribution < 1.29 is 4.79 Å². The summed E-state index contributed by atoms with van der Waals surface area (Å²) in [5.74, 6) is 2.21. The summed E-state index contributed by atoms with van der Waals surface area (Å²) in [7, 11) is 0. The van der Waals surface area contributed by atoms with Crippen molar-refractivity contribution in [3.8, 4) is 0 Å². The predicted molar refractivity (Wildman–Crippen MR) is 114 cm³/mol. The minimum Gasteiger partial charge on any atom is -0.356 e. The van der Waals surface area contributed by atoms with Crippen molar-refractivity contribution >= 4 is 23.5 Å². The zero-order valence-corrected chi connectivity index (χ0v) is 17.5. The monoisotopic (exact) mass is 396 g/mol. The van der Waals surface area contributed by atoms with E-state index in [1.54, 1.807) is 11.8 Å². The summed E-state index contributed by atoms with van der Waals surface area (Å²) in [4.78, 5) is 24.2. The Morgan fingerprint density at radius 1 is 1.21 bits per heavy atom. The highest BCUT2D eigenvalue weighted by Gasteiger charge is 2.23. The fourth-order valence-corrected chi connectivity index (χ4v) is 4.15. The minimum absolute atomic E-state index is 0.0312. The topological polar surface area (TPSA) is 58.1 Å². The summed E-state index contributed by atoms with van der Waals surface area (Å²) in [6.07, 6.45) is 4.67. The number of hydrogen-bond acceptors (Lipinski definition) is 5. The molecule has 0 bridgehead atoms. The van der Waals surface area contributed by atoms with E-state index in [-0.39, 0.29) is 5.91 Å². The molecular weight excluding hydrogens is 368 g/mol. The minimum atomic E-state index is 0.0312. The van der Waals surface area contributed by atoms with E-state index in [0.29, 0.717) is 12.0 Å². The van der Waals surface area contributed by atoms with Crippen LogP contribution in [0.4, 0.5) is 5.82 Å². The zero-order valence-electron chi connectivity index (χ0n) is 16.6. The van der Waals surface area contributed by atoms with Gasteiger partial charge in [0.15, 0.2) is 5.16 Å². The number of hydrogen-bond donors (Lipinski definition) is 1. The third-order valence-corrected chi connectivity index (χ3v) is 6.12. The maximum atomic E-state index is 12.3. The van der Waals surface area contributed by atoms with Crippen molar-refractivity contribution in [2.24, 2.45) is 0 Å². The molecule has 1 saturated carbocycles. The number of benzene rings is 1. The molecule has 1 aliphatic carbocycles. The quantitative estimate of drug-likeness (QED) is 0.556. The molecule has 148 valence electrons. The lowest BCUT2D eigenvalue weighted by atomic mass is 10.1. The maximum Gasteiger partial charge on any atom is 0.251 e. The van der Waals surface area contributed by atoms with Crippen molar-refractivity contribution in [1.29, 1.82) is 0 Å². The van der Waals surface area contributed by atoms with E-state index in [9.17, 15) is 4.79 Å². The van der Waals surface area contributed by atoms with E-state index in [4.69, 9.17) is 9.97 Å². The van der Waals surface area contributed by atoms with E-state index < -0.39 is 0 Å². The van der Waals surface area contributed by atoms with Crippen LogP contribution in [0.15, 0.2) is 35.5 Å². The molecule has 4 rings (SSSR count). The molecule has 1 aliphatic heterocycles. The lowest BCUT2D eigenvalue weighted by molar-refractivity contribution is 0.0951. The van der Waals surface area contributed by atoms with Crippen molar-refractivity contribution in [1.82, 2.24) is 15.3 Å². The first-order valence-electron chi connectivity index (χ1n) is 10.2. The fourth-order valence-electron chi connectivity index (χ4n) is 3.35. The first-order chi connectivity index (χ1) is 13.6. The summed E-state index contributed by atoms with van der Waals surface area (Å²) in [5, 5.41) is 3.87. The lowest BCUT2D eigenvalue weighted by Crippen LogP contribution is -2.25. The molecule has 0 atom stereocenters. The molecule has 2 aromatic rings. The number of nitrogens with zero attached hydrogens (tertiary/aromatic N) is 3. The molecule has 0 unspecified atom stereocenters. The number of carbonyl (C=O) groups is 1. The molecule has 28 heavy (non-hydrogen) atoms. The molecule has 1 aromatic heterocycles.